The molecule has 1 amide bonds. The molecule has 98 valence electrons. The molecule has 0 bridgehead atoms. The van der Waals surface area contributed by atoms with E-state index in [-0.39, 0.29) is 17.9 Å². The summed E-state index contributed by atoms with van der Waals surface area (Å²) >= 11 is 0. The van der Waals surface area contributed by atoms with Gasteiger partial charge in [0.25, 0.3) is 0 Å². The molecular weight excluding hydrogens is 224 g/mol. The Kier molecular flexibility index (Phi) is 3.90. The molecule has 0 unspecified atom stereocenters. The van der Waals surface area contributed by atoms with E-state index in [1.807, 2.05) is 19.1 Å². The number of hydrogen-bond acceptors (Lipinski definition) is 2. The van der Waals surface area contributed by atoms with Crippen molar-refractivity contribution < 1.29 is 4.79 Å². The van der Waals surface area contributed by atoms with Crippen molar-refractivity contribution in [2.45, 2.75) is 51.6 Å². The van der Waals surface area contributed by atoms with Crippen LogP contribution in [0.25, 0.3) is 0 Å². The smallest absolute Gasteiger partial charge is 0.227 e. The van der Waals surface area contributed by atoms with E-state index in [9.17, 15) is 4.79 Å². The fourth-order valence-corrected chi connectivity index (χ4v) is 2.43. The number of carbonyl (C=O) groups is 1. The van der Waals surface area contributed by atoms with Gasteiger partial charge in [-0.15, -0.1) is 0 Å². The summed E-state index contributed by atoms with van der Waals surface area (Å²) in [7, 11) is 0. The maximum atomic E-state index is 12.3. The third kappa shape index (κ3) is 2.66. The Morgan fingerprint density at radius 1 is 1.50 bits per heavy atom. The van der Waals surface area contributed by atoms with Crippen LogP contribution in [0.3, 0.4) is 0 Å². The summed E-state index contributed by atoms with van der Waals surface area (Å²) in [4.78, 5) is 12.3. The average molecular weight is 246 g/mol. The zero-order valence-electron chi connectivity index (χ0n) is 11.4. The minimum atomic E-state index is -0.0218. The number of amides is 1. The van der Waals surface area contributed by atoms with E-state index in [1.54, 1.807) is 0 Å². The fourth-order valence-electron chi connectivity index (χ4n) is 2.43. The fraction of sp³-hybridized carbons (Fsp3) is 0.533. The van der Waals surface area contributed by atoms with E-state index in [1.165, 1.54) is 0 Å². The number of para-hydroxylation sites is 1. The molecule has 18 heavy (non-hydrogen) atoms. The van der Waals surface area contributed by atoms with Crippen LogP contribution in [0, 0.1) is 0 Å². The SMILES string of the molecule is CC[C@H](C)NC(=O)[C@@H]1C[C@@H](C)Nc2ccccc21. The number of benzene rings is 1. The molecule has 2 rings (SSSR count). The van der Waals surface area contributed by atoms with Gasteiger partial charge >= 0.3 is 0 Å². The van der Waals surface area contributed by atoms with Gasteiger partial charge < -0.3 is 10.6 Å². The molecular formula is C15H22N2O. The van der Waals surface area contributed by atoms with Crippen molar-refractivity contribution in [2.24, 2.45) is 0 Å². The minimum absolute atomic E-state index is 0.0218. The molecule has 1 aliphatic heterocycles. The first kappa shape index (κ1) is 12.9. The van der Waals surface area contributed by atoms with E-state index < -0.39 is 0 Å². The van der Waals surface area contributed by atoms with E-state index in [2.05, 4.69) is 36.6 Å². The zero-order valence-corrected chi connectivity index (χ0v) is 11.4. The molecule has 0 aromatic heterocycles. The Morgan fingerprint density at radius 2 is 2.22 bits per heavy atom. The van der Waals surface area contributed by atoms with Gasteiger partial charge in [0.2, 0.25) is 5.91 Å². The summed E-state index contributed by atoms with van der Waals surface area (Å²) in [6.45, 7) is 6.26. The first-order valence-electron chi connectivity index (χ1n) is 6.77. The largest absolute Gasteiger partial charge is 0.382 e. The molecule has 0 spiro atoms. The van der Waals surface area contributed by atoms with E-state index >= 15 is 0 Å². The van der Waals surface area contributed by atoms with Crippen LogP contribution in [0.5, 0.6) is 0 Å². The van der Waals surface area contributed by atoms with Gasteiger partial charge in [0.15, 0.2) is 0 Å². The standard InChI is InChI=1S/C15H22N2O/c1-4-10(2)17-15(18)13-9-11(3)16-14-8-6-5-7-12(13)14/h5-8,10-11,13,16H,4,9H2,1-3H3,(H,17,18)/t10-,11+,13+/m0/s1. The number of carbonyl (C=O) groups excluding carboxylic acids is 1. The molecule has 1 aromatic rings. The lowest BCUT2D eigenvalue weighted by molar-refractivity contribution is -0.123. The highest BCUT2D eigenvalue weighted by Crippen LogP contribution is 2.34. The molecule has 0 saturated heterocycles. The van der Waals surface area contributed by atoms with Crippen LogP contribution in [-0.4, -0.2) is 18.0 Å². The zero-order chi connectivity index (χ0) is 13.1. The lowest BCUT2D eigenvalue weighted by atomic mass is 9.86. The van der Waals surface area contributed by atoms with Crippen LogP contribution in [-0.2, 0) is 4.79 Å². The summed E-state index contributed by atoms with van der Waals surface area (Å²) in [6, 6.07) is 8.69. The Bertz CT molecular complexity index is 430. The number of anilines is 1. The second kappa shape index (κ2) is 5.42. The molecule has 1 heterocycles. The Balaban J connectivity index is 2.20. The predicted octanol–water partition coefficient (Wildman–Crippen LogP) is 2.89. The number of nitrogens with one attached hydrogen (secondary N) is 2. The van der Waals surface area contributed by atoms with Gasteiger partial charge in [0, 0.05) is 17.8 Å². The highest BCUT2D eigenvalue weighted by atomic mass is 16.1. The van der Waals surface area contributed by atoms with Gasteiger partial charge in [-0.05, 0) is 38.3 Å². The Hall–Kier alpha value is -1.51. The van der Waals surface area contributed by atoms with Crippen molar-refractivity contribution in [1.82, 2.24) is 5.32 Å². The van der Waals surface area contributed by atoms with Crippen LogP contribution in [0.2, 0.25) is 0 Å². The molecule has 1 aromatic carbocycles. The number of rotatable bonds is 3. The lowest BCUT2D eigenvalue weighted by Gasteiger charge is -2.31. The molecule has 0 aliphatic carbocycles. The van der Waals surface area contributed by atoms with Gasteiger partial charge in [-0.1, -0.05) is 25.1 Å². The Morgan fingerprint density at radius 3 is 2.94 bits per heavy atom. The summed E-state index contributed by atoms with van der Waals surface area (Å²) in [6.07, 6.45) is 1.83. The van der Waals surface area contributed by atoms with Crippen LogP contribution >= 0.6 is 0 Å². The van der Waals surface area contributed by atoms with Gasteiger partial charge in [-0.25, -0.2) is 0 Å². The summed E-state index contributed by atoms with van der Waals surface area (Å²) < 4.78 is 0. The maximum Gasteiger partial charge on any atom is 0.227 e. The molecule has 1 aliphatic rings. The van der Waals surface area contributed by atoms with Crippen molar-refractivity contribution in [2.75, 3.05) is 5.32 Å². The van der Waals surface area contributed by atoms with Crippen LogP contribution in [0.4, 0.5) is 5.69 Å². The predicted molar refractivity (Wildman–Crippen MR) is 74.8 cm³/mol. The third-order valence-electron chi connectivity index (χ3n) is 3.64. The third-order valence-corrected chi connectivity index (χ3v) is 3.64. The van der Waals surface area contributed by atoms with Crippen molar-refractivity contribution in [3.8, 4) is 0 Å². The summed E-state index contributed by atoms with van der Waals surface area (Å²) in [5.74, 6) is 0.136. The highest BCUT2D eigenvalue weighted by molar-refractivity contribution is 5.86. The molecule has 3 atom stereocenters. The summed E-state index contributed by atoms with van der Waals surface area (Å²) in [5.41, 5.74) is 2.22. The summed E-state index contributed by atoms with van der Waals surface area (Å²) in [5, 5.41) is 6.53. The monoisotopic (exact) mass is 246 g/mol. The van der Waals surface area contributed by atoms with Crippen molar-refractivity contribution in [3.05, 3.63) is 29.8 Å². The molecule has 0 fully saturated rings. The van der Waals surface area contributed by atoms with Crippen molar-refractivity contribution in [3.63, 3.8) is 0 Å². The first-order chi connectivity index (χ1) is 8.61. The van der Waals surface area contributed by atoms with Gasteiger partial charge in [-0.3, -0.25) is 4.79 Å². The number of fused-ring (bicyclic) bond motifs is 1. The van der Waals surface area contributed by atoms with E-state index in [0.29, 0.717) is 6.04 Å². The number of hydrogen-bond donors (Lipinski definition) is 2. The normalized spacial score (nSPS) is 23.7. The van der Waals surface area contributed by atoms with Crippen molar-refractivity contribution >= 4 is 11.6 Å². The van der Waals surface area contributed by atoms with Gasteiger partial charge in [0.05, 0.1) is 5.92 Å². The quantitative estimate of drug-likeness (QED) is 0.861. The second-order valence-corrected chi connectivity index (χ2v) is 5.24. The topological polar surface area (TPSA) is 41.1 Å². The van der Waals surface area contributed by atoms with Crippen LogP contribution in [0.1, 0.15) is 45.1 Å². The Labute approximate surface area is 109 Å². The van der Waals surface area contributed by atoms with E-state index in [4.69, 9.17) is 0 Å². The van der Waals surface area contributed by atoms with E-state index in [0.717, 1.165) is 24.1 Å². The van der Waals surface area contributed by atoms with Crippen molar-refractivity contribution in [1.29, 1.82) is 0 Å². The van der Waals surface area contributed by atoms with Crippen LogP contribution < -0.4 is 10.6 Å². The molecule has 2 N–H and O–H groups in total. The maximum absolute atomic E-state index is 12.3. The molecule has 3 heteroatoms. The minimum Gasteiger partial charge on any atom is -0.382 e. The lowest BCUT2D eigenvalue weighted by Crippen LogP contribution is -2.39. The molecule has 0 saturated carbocycles. The van der Waals surface area contributed by atoms with Gasteiger partial charge in [-0.2, -0.15) is 0 Å². The molecule has 0 radical (unpaired) electrons. The average Bonchev–Trinajstić information content (AvgIpc) is 2.37. The van der Waals surface area contributed by atoms with Gasteiger partial charge in [0.1, 0.15) is 0 Å². The first-order valence-corrected chi connectivity index (χ1v) is 6.77. The molecule has 3 nitrogen and oxygen atoms in total. The second-order valence-electron chi connectivity index (χ2n) is 5.24. The van der Waals surface area contributed by atoms with Crippen LogP contribution in [0.15, 0.2) is 24.3 Å². The highest BCUT2D eigenvalue weighted by Gasteiger charge is 2.29.